The van der Waals surface area contributed by atoms with E-state index in [1.165, 1.54) is 0 Å². The fourth-order valence-corrected chi connectivity index (χ4v) is 1.92. The highest BCUT2D eigenvalue weighted by molar-refractivity contribution is 6.31. The van der Waals surface area contributed by atoms with Crippen LogP contribution in [0, 0.1) is 0 Å². The van der Waals surface area contributed by atoms with Gasteiger partial charge in [-0.1, -0.05) is 18.5 Å². The molecule has 96 valence electrons. The summed E-state index contributed by atoms with van der Waals surface area (Å²) in [6.45, 7) is 3.28. The van der Waals surface area contributed by atoms with Crippen molar-refractivity contribution in [2.24, 2.45) is 0 Å². The molecule has 1 aromatic heterocycles. The maximum atomic E-state index is 6.05. The quantitative estimate of drug-likeness (QED) is 0.904. The van der Waals surface area contributed by atoms with Gasteiger partial charge in [0.15, 0.2) is 0 Å². The van der Waals surface area contributed by atoms with Gasteiger partial charge in [0.05, 0.1) is 18.4 Å². The Kier molecular flexibility index (Phi) is 4.10. The first kappa shape index (κ1) is 12.8. The molecule has 1 heterocycles. The highest BCUT2D eigenvalue weighted by atomic mass is 35.5. The normalized spacial score (nSPS) is 10.6. The van der Waals surface area contributed by atoms with Crippen molar-refractivity contribution in [3.8, 4) is 5.75 Å². The Hall–Kier alpha value is -1.68. The van der Waals surface area contributed by atoms with E-state index < -0.39 is 0 Å². The summed E-state index contributed by atoms with van der Waals surface area (Å²) in [6, 6.07) is 5.71. The number of aromatic nitrogens is 2. The van der Waals surface area contributed by atoms with Crippen molar-refractivity contribution >= 4 is 17.3 Å². The Bertz CT molecular complexity index is 525. The number of hydrogen-bond acceptors (Lipinski definition) is 3. The maximum Gasteiger partial charge on any atom is 0.119 e. The monoisotopic (exact) mass is 265 g/mol. The van der Waals surface area contributed by atoms with Crippen LogP contribution in [-0.4, -0.2) is 16.4 Å². The second kappa shape index (κ2) is 5.78. The van der Waals surface area contributed by atoms with Gasteiger partial charge in [-0.2, -0.15) is 5.10 Å². The average molecular weight is 266 g/mol. The SMILES string of the molecule is CCc1cc(OCCn2cc(N)cn2)ccc1Cl. The fraction of sp³-hybridized carbons (Fsp3) is 0.308. The van der Waals surface area contributed by atoms with Gasteiger partial charge in [0.1, 0.15) is 12.4 Å². The summed E-state index contributed by atoms with van der Waals surface area (Å²) in [4.78, 5) is 0. The van der Waals surface area contributed by atoms with Crippen LogP contribution in [0.3, 0.4) is 0 Å². The first-order valence-electron chi connectivity index (χ1n) is 5.88. The van der Waals surface area contributed by atoms with Crippen LogP contribution in [0.2, 0.25) is 5.02 Å². The third-order valence-electron chi connectivity index (χ3n) is 2.64. The number of anilines is 1. The van der Waals surface area contributed by atoms with Gasteiger partial charge in [-0.3, -0.25) is 4.68 Å². The van der Waals surface area contributed by atoms with Crippen LogP contribution < -0.4 is 10.5 Å². The molecule has 0 saturated heterocycles. The first-order chi connectivity index (χ1) is 8.69. The van der Waals surface area contributed by atoms with Gasteiger partial charge in [0.2, 0.25) is 0 Å². The van der Waals surface area contributed by atoms with Crippen molar-refractivity contribution in [2.45, 2.75) is 19.9 Å². The van der Waals surface area contributed by atoms with E-state index in [1.807, 2.05) is 18.2 Å². The molecule has 0 unspecified atom stereocenters. The summed E-state index contributed by atoms with van der Waals surface area (Å²) in [5.41, 5.74) is 7.33. The Morgan fingerprint density at radius 1 is 1.44 bits per heavy atom. The number of nitrogen functional groups attached to an aromatic ring is 1. The molecule has 4 nitrogen and oxygen atoms in total. The summed E-state index contributed by atoms with van der Waals surface area (Å²) < 4.78 is 7.41. The number of hydrogen-bond donors (Lipinski definition) is 1. The topological polar surface area (TPSA) is 53.1 Å². The molecule has 0 saturated carbocycles. The molecule has 2 rings (SSSR count). The smallest absolute Gasteiger partial charge is 0.119 e. The first-order valence-corrected chi connectivity index (χ1v) is 6.26. The molecule has 0 atom stereocenters. The van der Waals surface area contributed by atoms with E-state index in [0.717, 1.165) is 22.8 Å². The predicted molar refractivity (Wildman–Crippen MR) is 73.0 cm³/mol. The molecule has 0 aliphatic heterocycles. The zero-order valence-electron chi connectivity index (χ0n) is 10.3. The molecule has 5 heteroatoms. The number of halogens is 1. The van der Waals surface area contributed by atoms with Gasteiger partial charge >= 0.3 is 0 Å². The molecule has 18 heavy (non-hydrogen) atoms. The van der Waals surface area contributed by atoms with Crippen LogP contribution in [0.4, 0.5) is 5.69 Å². The molecular formula is C13H16ClN3O. The summed E-state index contributed by atoms with van der Waals surface area (Å²) in [5.74, 6) is 0.830. The molecule has 0 amide bonds. The van der Waals surface area contributed by atoms with Crippen LogP contribution in [0.25, 0.3) is 0 Å². The summed E-state index contributed by atoms with van der Waals surface area (Å²) in [5, 5.41) is 4.87. The molecule has 2 N–H and O–H groups in total. The number of rotatable bonds is 5. The summed E-state index contributed by atoms with van der Waals surface area (Å²) in [7, 11) is 0. The molecule has 2 aromatic rings. The van der Waals surface area contributed by atoms with Crippen molar-refractivity contribution in [3.05, 3.63) is 41.2 Å². The predicted octanol–water partition coefficient (Wildman–Crippen LogP) is 2.76. The van der Waals surface area contributed by atoms with Gasteiger partial charge in [-0.25, -0.2) is 0 Å². The van der Waals surface area contributed by atoms with Crippen LogP contribution in [0.5, 0.6) is 5.75 Å². The number of benzene rings is 1. The van der Waals surface area contributed by atoms with Crippen LogP contribution in [0.15, 0.2) is 30.6 Å². The second-order valence-electron chi connectivity index (χ2n) is 3.99. The second-order valence-corrected chi connectivity index (χ2v) is 4.40. The van der Waals surface area contributed by atoms with Crippen molar-refractivity contribution in [2.75, 3.05) is 12.3 Å². The van der Waals surface area contributed by atoms with Gasteiger partial charge in [-0.15, -0.1) is 0 Å². The Morgan fingerprint density at radius 2 is 2.28 bits per heavy atom. The van der Waals surface area contributed by atoms with Crippen LogP contribution >= 0.6 is 11.6 Å². The van der Waals surface area contributed by atoms with E-state index in [2.05, 4.69) is 12.0 Å². The van der Waals surface area contributed by atoms with Crippen molar-refractivity contribution in [1.29, 1.82) is 0 Å². The highest BCUT2D eigenvalue weighted by Gasteiger charge is 2.01. The third kappa shape index (κ3) is 3.17. The lowest BCUT2D eigenvalue weighted by Crippen LogP contribution is -2.08. The van der Waals surface area contributed by atoms with Crippen molar-refractivity contribution in [3.63, 3.8) is 0 Å². The molecule has 0 spiro atoms. The highest BCUT2D eigenvalue weighted by Crippen LogP contribution is 2.22. The summed E-state index contributed by atoms with van der Waals surface area (Å²) >= 11 is 6.05. The lowest BCUT2D eigenvalue weighted by Gasteiger charge is -2.08. The summed E-state index contributed by atoms with van der Waals surface area (Å²) in [6.07, 6.45) is 4.30. The number of nitrogens with zero attached hydrogens (tertiary/aromatic N) is 2. The molecule has 0 radical (unpaired) electrons. The minimum atomic E-state index is 0.548. The lowest BCUT2D eigenvalue weighted by atomic mass is 10.1. The zero-order chi connectivity index (χ0) is 13.0. The zero-order valence-corrected chi connectivity index (χ0v) is 11.0. The van der Waals surface area contributed by atoms with Gasteiger partial charge in [0.25, 0.3) is 0 Å². The number of nitrogens with two attached hydrogens (primary N) is 1. The van der Waals surface area contributed by atoms with E-state index in [-0.39, 0.29) is 0 Å². The molecule has 0 aliphatic carbocycles. The minimum Gasteiger partial charge on any atom is -0.492 e. The Labute approximate surface area is 111 Å². The third-order valence-corrected chi connectivity index (χ3v) is 3.01. The molecule has 1 aromatic carbocycles. The fourth-order valence-electron chi connectivity index (χ4n) is 1.67. The maximum absolute atomic E-state index is 6.05. The van der Waals surface area contributed by atoms with E-state index in [1.54, 1.807) is 17.1 Å². The van der Waals surface area contributed by atoms with E-state index in [9.17, 15) is 0 Å². The molecule has 0 fully saturated rings. The van der Waals surface area contributed by atoms with Gasteiger partial charge in [-0.05, 0) is 30.2 Å². The van der Waals surface area contributed by atoms with Gasteiger partial charge < -0.3 is 10.5 Å². The van der Waals surface area contributed by atoms with Crippen molar-refractivity contribution < 1.29 is 4.74 Å². The average Bonchev–Trinajstić information content (AvgIpc) is 2.77. The number of aryl methyl sites for hydroxylation is 1. The van der Waals surface area contributed by atoms with Gasteiger partial charge in [0, 0.05) is 11.2 Å². The minimum absolute atomic E-state index is 0.548. The standard InChI is InChI=1S/C13H16ClN3O/c1-2-10-7-12(3-4-13(10)14)18-6-5-17-9-11(15)8-16-17/h3-4,7-9H,2,5-6,15H2,1H3. The Morgan fingerprint density at radius 3 is 2.94 bits per heavy atom. The lowest BCUT2D eigenvalue weighted by molar-refractivity contribution is 0.291. The van der Waals surface area contributed by atoms with Crippen LogP contribution in [-0.2, 0) is 13.0 Å². The van der Waals surface area contributed by atoms with Crippen molar-refractivity contribution in [1.82, 2.24) is 9.78 Å². The molecule has 0 bridgehead atoms. The van der Waals surface area contributed by atoms with Crippen LogP contribution in [0.1, 0.15) is 12.5 Å². The largest absolute Gasteiger partial charge is 0.492 e. The molecular weight excluding hydrogens is 250 g/mol. The Balaban J connectivity index is 1.90. The number of ether oxygens (including phenoxy) is 1. The molecule has 0 aliphatic rings. The van der Waals surface area contributed by atoms with E-state index >= 15 is 0 Å². The van der Waals surface area contributed by atoms with E-state index in [0.29, 0.717) is 18.8 Å². The van der Waals surface area contributed by atoms with E-state index in [4.69, 9.17) is 22.1 Å².